The lowest BCUT2D eigenvalue weighted by atomic mass is 10.1. The van der Waals surface area contributed by atoms with Crippen molar-refractivity contribution >= 4 is 29.1 Å². The first-order valence-corrected chi connectivity index (χ1v) is 11.2. The van der Waals surface area contributed by atoms with Crippen LogP contribution < -0.4 is 11.4 Å². The highest BCUT2D eigenvalue weighted by Crippen LogP contribution is 2.26. The maximum atomic E-state index is 13.0. The Morgan fingerprint density at radius 2 is 1.78 bits per heavy atom. The molecule has 1 unspecified atom stereocenters. The molecule has 2 heterocycles. The lowest BCUT2D eigenvalue weighted by molar-refractivity contribution is -0.136. The highest BCUT2D eigenvalue weighted by atomic mass is 35.5. The predicted octanol–water partition coefficient (Wildman–Crippen LogP) is 3.69. The summed E-state index contributed by atoms with van der Waals surface area (Å²) in [6, 6.07) is 11.7. The molecular weight excluding hydrogens is 522 g/mol. The lowest BCUT2D eigenvalue weighted by Crippen LogP contribution is -2.28. The molecule has 1 amide bonds. The monoisotopic (exact) mass is 539 g/mol. The molecule has 0 radical (unpaired) electrons. The first-order chi connectivity index (χ1) is 17.0. The molecule has 188 valence electrons. The summed E-state index contributed by atoms with van der Waals surface area (Å²) in [7, 11) is 0. The lowest BCUT2D eigenvalue weighted by Gasteiger charge is -2.14. The molecule has 0 spiro atoms. The van der Waals surface area contributed by atoms with Crippen LogP contribution in [0.5, 0.6) is 0 Å². The number of carbonyl (C=O) groups is 1. The van der Waals surface area contributed by atoms with Crippen molar-refractivity contribution in [3.63, 3.8) is 0 Å². The van der Waals surface area contributed by atoms with E-state index in [1.165, 1.54) is 10.9 Å². The molecule has 0 saturated carbocycles. The normalized spacial score (nSPS) is 12.6. The number of nitrogens with two attached hydrogens (primary N) is 1. The van der Waals surface area contributed by atoms with Gasteiger partial charge in [0, 0.05) is 27.7 Å². The minimum absolute atomic E-state index is 0.0411. The zero-order chi connectivity index (χ0) is 26.0. The van der Waals surface area contributed by atoms with Crippen LogP contribution in [0.25, 0.3) is 11.4 Å². The van der Waals surface area contributed by atoms with Gasteiger partial charge in [-0.25, -0.2) is 14.2 Å². The third-order valence-electron chi connectivity index (χ3n) is 5.25. The highest BCUT2D eigenvalue weighted by molar-refractivity contribution is 6.31. The minimum Gasteiger partial charge on any atom is -0.368 e. The molecule has 0 aliphatic carbocycles. The van der Waals surface area contributed by atoms with Gasteiger partial charge in [0.25, 0.3) is 0 Å². The van der Waals surface area contributed by atoms with Gasteiger partial charge in [0.05, 0.1) is 19.2 Å². The molecule has 0 aliphatic heterocycles. The number of hydrogen-bond donors (Lipinski definition) is 1. The van der Waals surface area contributed by atoms with Crippen molar-refractivity contribution in [1.82, 2.24) is 29.3 Å². The smallest absolute Gasteiger partial charge is 0.368 e. The molecule has 1 atom stereocenters. The van der Waals surface area contributed by atoms with E-state index in [1.807, 2.05) is 0 Å². The maximum absolute atomic E-state index is 13.0. The summed E-state index contributed by atoms with van der Waals surface area (Å²) >= 11 is 12.1. The molecule has 36 heavy (non-hydrogen) atoms. The van der Waals surface area contributed by atoms with Crippen LogP contribution >= 0.6 is 23.2 Å². The van der Waals surface area contributed by atoms with Gasteiger partial charge >= 0.3 is 11.9 Å². The molecule has 4 rings (SSSR count). The van der Waals surface area contributed by atoms with E-state index >= 15 is 0 Å². The van der Waals surface area contributed by atoms with Crippen LogP contribution in [0.3, 0.4) is 0 Å². The number of nitrogens with zero attached hydrogens (tertiary/aromatic N) is 6. The summed E-state index contributed by atoms with van der Waals surface area (Å²) in [5.41, 5.74) is 5.83. The third kappa shape index (κ3) is 5.60. The summed E-state index contributed by atoms with van der Waals surface area (Å²) in [5.74, 6) is -0.697. The molecule has 2 N–H and O–H groups in total. The van der Waals surface area contributed by atoms with E-state index in [1.54, 1.807) is 48.5 Å². The van der Waals surface area contributed by atoms with Crippen molar-refractivity contribution in [1.29, 1.82) is 0 Å². The fourth-order valence-corrected chi connectivity index (χ4v) is 3.95. The Kier molecular flexibility index (Phi) is 7.18. The summed E-state index contributed by atoms with van der Waals surface area (Å²) < 4.78 is 41.8. The summed E-state index contributed by atoms with van der Waals surface area (Å²) in [4.78, 5) is 25.1. The molecule has 2 aromatic carbocycles. The van der Waals surface area contributed by atoms with Crippen molar-refractivity contribution in [2.75, 3.05) is 0 Å². The van der Waals surface area contributed by atoms with Crippen LogP contribution in [0, 0.1) is 0 Å². The Labute approximate surface area is 211 Å². The average Bonchev–Trinajstić information content (AvgIpc) is 3.38. The van der Waals surface area contributed by atoms with Crippen LogP contribution in [0.1, 0.15) is 23.7 Å². The van der Waals surface area contributed by atoms with Gasteiger partial charge in [0.1, 0.15) is 5.69 Å². The van der Waals surface area contributed by atoms with Gasteiger partial charge in [-0.05, 0) is 30.3 Å². The topological polar surface area (TPSA) is 114 Å². The molecule has 0 fully saturated rings. The van der Waals surface area contributed by atoms with Crippen LogP contribution in [0.2, 0.25) is 10.0 Å². The van der Waals surface area contributed by atoms with E-state index in [4.69, 9.17) is 28.9 Å². The third-order valence-corrected chi connectivity index (χ3v) is 5.84. The zero-order valence-electron chi connectivity index (χ0n) is 18.4. The Morgan fingerprint density at radius 1 is 1.08 bits per heavy atom. The van der Waals surface area contributed by atoms with Gasteiger partial charge in [-0.1, -0.05) is 46.6 Å². The second-order valence-electron chi connectivity index (χ2n) is 7.80. The van der Waals surface area contributed by atoms with Crippen LogP contribution in [-0.4, -0.2) is 41.4 Å². The Bertz CT molecular complexity index is 1450. The quantitative estimate of drug-likeness (QED) is 0.366. The van der Waals surface area contributed by atoms with Crippen molar-refractivity contribution in [2.45, 2.75) is 31.7 Å². The first-order valence-electron chi connectivity index (χ1n) is 10.5. The van der Waals surface area contributed by atoms with E-state index in [-0.39, 0.29) is 18.1 Å². The Balaban J connectivity index is 1.68. The number of aromatic nitrogens is 6. The molecular formula is C22H18Cl2F3N7O2. The van der Waals surface area contributed by atoms with Crippen LogP contribution in [-0.2, 0) is 17.9 Å². The number of amides is 1. The van der Waals surface area contributed by atoms with Gasteiger partial charge in [-0.2, -0.15) is 13.2 Å². The average molecular weight is 540 g/mol. The minimum atomic E-state index is -4.47. The summed E-state index contributed by atoms with van der Waals surface area (Å²) in [6.07, 6.45) is -4.29. The van der Waals surface area contributed by atoms with Crippen LogP contribution in [0.15, 0.2) is 59.5 Å². The fraction of sp³-hybridized carbons (Fsp3) is 0.227. The van der Waals surface area contributed by atoms with Crippen molar-refractivity contribution < 1.29 is 18.0 Å². The molecule has 14 heteroatoms. The number of carbonyl (C=O) groups excluding carboxylic acids is 1. The van der Waals surface area contributed by atoms with E-state index in [2.05, 4.69) is 15.4 Å². The second-order valence-corrected chi connectivity index (χ2v) is 8.65. The van der Waals surface area contributed by atoms with Gasteiger partial charge < -0.3 is 5.73 Å². The number of halogens is 5. The number of rotatable bonds is 8. The molecule has 4 aromatic rings. The first kappa shape index (κ1) is 25.5. The largest absolute Gasteiger partial charge is 0.390 e. The standard InChI is InChI=1S/C22H18Cl2F3N7O2/c23-14-7-5-13(6-8-14)20-30-34(21(36)32(20)10-9-22(25,26)27)12-15-11-33(31-29-15)18(19(28)35)16-3-1-2-4-17(16)24/h1-8,11,18H,9-10,12H2,(H2,28,35). The zero-order valence-corrected chi connectivity index (χ0v) is 19.9. The Hall–Kier alpha value is -3.64. The molecule has 9 nitrogen and oxygen atoms in total. The van der Waals surface area contributed by atoms with Crippen molar-refractivity contribution in [2.24, 2.45) is 5.73 Å². The van der Waals surface area contributed by atoms with Crippen molar-refractivity contribution in [3.8, 4) is 11.4 Å². The molecule has 0 aliphatic rings. The highest BCUT2D eigenvalue weighted by Gasteiger charge is 2.29. The number of primary amides is 1. The predicted molar refractivity (Wildman–Crippen MR) is 126 cm³/mol. The van der Waals surface area contributed by atoms with Crippen molar-refractivity contribution in [3.05, 3.63) is 86.5 Å². The van der Waals surface area contributed by atoms with E-state index in [0.717, 1.165) is 9.25 Å². The van der Waals surface area contributed by atoms with Gasteiger partial charge in [0.15, 0.2) is 11.9 Å². The Morgan fingerprint density at radius 3 is 2.42 bits per heavy atom. The molecule has 2 aromatic heterocycles. The molecule has 0 bridgehead atoms. The summed E-state index contributed by atoms with van der Waals surface area (Å²) in [5, 5.41) is 12.9. The van der Waals surface area contributed by atoms with Crippen LogP contribution in [0.4, 0.5) is 13.2 Å². The molecule has 0 saturated heterocycles. The second kappa shape index (κ2) is 10.2. The SMILES string of the molecule is NC(=O)C(c1ccccc1Cl)n1cc(Cn2nc(-c3ccc(Cl)cc3)n(CCC(F)(F)F)c2=O)nn1. The maximum Gasteiger partial charge on any atom is 0.390 e. The van der Waals surface area contributed by atoms with E-state index < -0.39 is 36.8 Å². The summed E-state index contributed by atoms with van der Waals surface area (Å²) in [6.45, 7) is -0.838. The fourth-order valence-electron chi connectivity index (χ4n) is 3.59. The van der Waals surface area contributed by atoms with Gasteiger partial charge in [-0.3, -0.25) is 9.36 Å². The van der Waals surface area contributed by atoms with Gasteiger partial charge in [-0.15, -0.1) is 10.2 Å². The number of benzene rings is 2. The van der Waals surface area contributed by atoms with Gasteiger partial charge in [0.2, 0.25) is 5.91 Å². The number of alkyl halides is 3. The number of hydrogen-bond acceptors (Lipinski definition) is 5. The van der Waals surface area contributed by atoms with E-state index in [9.17, 15) is 22.8 Å². The van der Waals surface area contributed by atoms with E-state index in [0.29, 0.717) is 21.2 Å².